The van der Waals surface area contributed by atoms with Crippen LogP contribution in [0, 0.1) is 11.3 Å². The van der Waals surface area contributed by atoms with E-state index in [1.54, 1.807) is 13.1 Å². The first-order valence-corrected chi connectivity index (χ1v) is 10.9. The third-order valence-electron chi connectivity index (χ3n) is 6.98. The van der Waals surface area contributed by atoms with Crippen molar-refractivity contribution in [3.8, 4) is 22.9 Å². The number of nitrogens with two attached hydrogens (primary N) is 1. The van der Waals surface area contributed by atoms with Crippen molar-refractivity contribution in [1.29, 1.82) is 5.26 Å². The van der Waals surface area contributed by atoms with Crippen LogP contribution in [0.5, 0.6) is 5.75 Å². The van der Waals surface area contributed by atoms with Gasteiger partial charge in [0, 0.05) is 19.0 Å². The normalized spacial score (nSPS) is 24.3. The maximum absolute atomic E-state index is 13.5. The molecule has 0 aromatic heterocycles. The zero-order valence-corrected chi connectivity index (χ0v) is 17.7. The number of ether oxygens (including phenoxy) is 1. The lowest BCUT2D eigenvalue weighted by Gasteiger charge is -2.45. The summed E-state index contributed by atoms with van der Waals surface area (Å²) in [6, 6.07) is 15.6. The fourth-order valence-corrected chi connectivity index (χ4v) is 5.36. The number of hydrogen-bond donors (Lipinski definition) is 1. The predicted molar refractivity (Wildman–Crippen MR) is 118 cm³/mol. The Morgan fingerprint density at radius 2 is 1.84 bits per heavy atom. The SMILES string of the molecule is CN1C(=O)C2(CC3(CCCCCC3)Oc3ccc(-c4cccc(C#N)c4)cc32)N=C1N. The smallest absolute Gasteiger partial charge is 0.261 e. The van der Waals surface area contributed by atoms with Crippen LogP contribution in [0.1, 0.15) is 56.1 Å². The molecule has 31 heavy (non-hydrogen) atoms. The number of rotatable bonds is 1. The molecule has 0 saturated heterocycles. The average molecular weight is 415 g/mol. The summed E-state index contributed by atoms with van der Waals surface area (Å²) < 4.78 is 6.65. The van der Waals surface area contributed by atoms with Gasteiger partial charge in [-0.1, -0.05) is 31.0 Å². The van der Waals surface area contributed by atoms with Gasteiger partial charge in [-0.25, -0.2) is 4.99 Å². The Balaban J connectivity index is 1.67. The van der Waals surface area contributed by atoms with Crippen LogP contribution >= 0.6 is 0 Å². The molecule has 6 nitrogen and oxygen atoms in total. The Morgan fingerprint density at radius 1 is 1.10 bits per heavy atom. The van der Waals surface area contributed by atoms with Crippen LogP contribution < -0.4 is 10.5 Å². The summed E-state index contributed by atoms with van der Waals surface area (Å²) >= 11 is 0. The minimum Gasteiger partial charge on any atom is -0.487 e. The number of aliphatic imine (C=N–C) groups is 1. The molecule has 0 radical (unpaired) electrons. The first-order chi connectivity index (χ1) is 15.0. The van der Waals surface area contributed by atoms with Crippen LogP contribution in [0.3, 0.4) is 0 Å². The number of carbonyl (C=O) groups is 1. The number of guanidine groups is 1. The lowest BCUT2D eigenvalue weighted by molar-refractivity contribution is -0.134. The van der Waals surface area contributed by atoms with Crippen LogP contribution in [0.15, 0.2) is 47.5 Å². The third-order valence-corrected chi connectivity index (χ3v) is 6.98. The Kier molecular flexibility index (Phi) is 4.51. The van der Waals surface area contributed by atoms with Gasteiger partial charge in [-0.2, -0.15) is 5.26 Å². The van der Waals surface area contributed by atoms with Gasteiger partial charge in [0.2, 0.25) is 0 Å². The highest BCUT2D eigenvalue weighted by Crippen LogP contribution is 2.53. The highest BCUT2D eigenvalue weighted by atomic mass is 16.5. The molecular weight excluding hydrogens is 388 g/mol. The summed E-state index contributed by atoms with van der Waals surface area (Å²) in [6.07, 6.45) is 6.93. The van der Waals surface area contributed by atoms with Crippen molar-refractivity contribution in [3.63, 3.8) is 0 Å². The van der Waals surface area contributed by atoms with Crippen LogP contribution in [-0.2, 0) is 10.3 Å². The standard InChI is InChI=1S/C25H26N4O2/c1-29-22(30)25(28-23(29)27)16-24(11-4-2-3-5-12-24)31-21-10-9-19(14-20(21)25)18-8-6-7-17(13-18)15-26/h6-10,13-14H,2-5,11-12,16H2,1H3,(H2,27,28). The Morgan fingerprint density at radius 3 is 2.52 bits per heavy atom. The van der Waals surface area contributed by atoms with Gasteiger partial charge in [0.05, 0.1) is 11.6 Å². The second-order valence-electron chi connectivity index (χ2n) is 8.97. The summed E-state index contributed by atoms with van der Waals surface area (Å²) in [5.74, 6) is 0.869. The number of amides is 1. The van der Waals surface area contributed by atoms with Crippen LogP contribution in [0.4, 0.5) is 0 Å². The maximum atomic E-state index is 13.5. The summed E-state index contributed by atoms with van der Waals surface area (Å²) in [6.45, 7) is 0. The molecule has 1 atom stereocenters. The van der Waals surface area contributed by atoms with Gasteiger partial charge in [-0.15, -0.1) is 0 Å². The van der Waals surface area contributed by atoms with E-state index in [2.05, 4.69) is 6.07 Å². The van der Waals surface area contributed by atoms with Crippen molar-refractivity contribution in [2.75, 3.05) is 7.05 Å². The third kappa shape index (κ3) is 3.07. The molecule has 2 aromatic rings. The fourth-order valence-electron chi connectivity index (χ4n) is 5.36. The molecule has 1 saturated carbocycles. The van der Waals surface area contributed by atoms with Crippen molar-refractivity contribution >= 4 is 11.9 Å². The van der Waals surface area contributed by atoms with E-state index in [0.29, 0.717) is 17.7 Å². The minimum atomic E-state index is -1.06. The molecule has 158 valence electrons. The highest BCUT2D eigenvalue weighted by molar-refractivity contribution is 6.07. The molecule has 0 bridgehead atoms. The summed E-state index contributed by atoms with van der Waals surface area (Å²) in [7, 11) is 1.69. The largest absolute Gasteiger partial charge is 0.487 e. The number of nitrogens with zero attached hydrogens (tertiary/aromatic N) is 3. The summed E-state index contributed by atoms with van der Waals surface area (Å²) in [5.41, 5.74) is 7.90. The van der Waals surface area contributed by atoms with Gasteiger partial charge < -0.3 is 10.5 Å². The molecule has 5 rings (SSSR count). The van der Waals surface area contributed by atoms with Gasteiger partial charge in [-0.3, -0.25) is 9.69 Å². The topological polar surface area (TPSA) is 91.7 Å². The van der Waals surface area contributed by atoms with Gasteiger partial charge in [0.15, 0.2) is 11.5 Å². The van der Waals surface area contributed by atoms with Crippen LogP contribution in [0.25, 0.3) is 11.1 Å². The predicted octanol–water partition coefficient (Wildman–Crippen LogP) is 4.08. The molecule has 1 aliphatic carbocycles. The molecular formula is C25H26N4O2. The Hall–Kier alpha value is -3.33. The van der Waals surface area contributed by atoms with Crippen LogP contribution in [-0.4, -0.2) is 29.4 Å². The van der Waals surface area contributed by atoms with Crippen molar-refractivity contribution in [3.05, 3.63) is 53.6 Å². The lowest BCUT2D eigenvalue weighted by Crippen LogP contribution is -2.51. The van der Waals surface area contributed by atoms with E-state index in [0.717, 1.165) is 42.4 Å². The summed E-state index contributed by atoms with van der Waals surface area (Å²) in [4.78, 5) is 19.8. The van der Waals surface area contributed by atoms with E-state index < -0.39 is 11.1 Å². The van der Waals surface area contributed by atoms with E-state index in [-0.39, 0.29) is 11.9 Å². The molecule has 1 amide bonds. The number of hydrogen-bond acceptors (Lipinski definition) is 5. The number of benzene rings is 2. The van der Waals surface area contributed by atoms with Gasteiger partial charge >= 0.3 is 0 Å². The number of likely N-dealkylation sites (N-methyl/N-ethyl adjacent to an activating group) is 1. The van der Waals surface area contributed by atoms with Crippen molar-refractivity contribution in [2.45, 2.75) is 56.1 Å². The Labute approximate surface area is 182 Å². The molecule has 2 N–H and O–H groups in total. The molecule has 2 heterocycles. The molecule has 2 aliphatic heterocycles. The zero-order valence-electron chi connectivity index (χ0n) is 17.7. The second-order valence-corrected chi connectivity index (χ2v) is 8.97. The highest BCUT2D eigenvalue weighted by Gasteiger charge is 2.57. The lowest BCUT2D eigenvalue weighted by atomic mass is 9.73. The molecule has 6 heteroatoms. The maximum Gasteiger partial charge on any atom is 0.261 e. The van der Waals surface area contributed by atoms with Crippen molar-refractivity contribution < 1.29 is 9.53 Å². The fraction of sp³-hybridized carbons (Fsp3) is 0.400. The zero-order chi connectivity index (χ0) is 21.6. The first-order valence-electron chi connectivity index (χ1n) is 10.9. The van der Waals surface area contributed by atoms with E-state index in [4.69, 9.17) is 15.5 Å². The van der Waals surface area contributed by atoms with Gasteiger partial charge in [-0.05, 0) is 61.1 Å². The number of carbonyl (C=O) groups excluding carboxylic acids is 1. The van der Waals surface area contributed by atoms with E-state index in [1.807, 2.05) is 36.4 Å². The number of nitriles is 1. The van der Waals surface area contributed by atoms with Crippen molar-refractivity contribution in [1.82, 2.24) is 4.90 Å². The molecule has 1 unspecified atom stereocenters. The van der Waals surface area contributed by atoms with Crippen molar-refractivity contribution in [2.24, 2.45) is 10.7 Å². The molecule has 3 aliphatic rings. The summed E-state index contributed by atoms with van der Waals surface area (Å²) in [5, 5.41) is 9.27. The van der Waals surface area contributed by atoms with E-state index in [1.165, 1.54) is 17.7 Å². The molecule has 2 spiro atoms. The van der Waals surface area contributed by atoms with E-state index >= 15 is 0 Å². The van der Waals surface area contributed by atoms with Crippen LogP contribution in [0.2, 0.25) is 0 Å². The minimum absolute atomic E-state index is 0.0962. The van der Waals surface area contributed by atoms with E-state index in [9.17, 15) is 10.1 Å². The average Bonchev–Trinajstić information content (AvgIpc) is 2.94. The second kappa shape index (κ2) is 7.12. The van der Waals surface area contributed by atoms with Gasteiger partial charge in [0.25, 0.3) is 5.91 Å². The molecule has 2 aromatic carbocycles. The monoisotopic (exact) mass is 414 g/mol. The quantitative estimate of drug-likeness (QED) is 0.761. The molecule has 1 fully saturated rings. The number of fused-ring (bicyclic) bond motifs is 2. The van der Waals surface area contributed by atoms with Gasteiger partial charge in [0.1, 0.15) is 11.4 Å². The Bertz CT molecular complexity index is 1120. The first kappa shape index (κ1) is 19.6.